The van der Waals surface area contributed by atoms with Crippen molar-refractivity contribution < 1.29 is 8.76 Å². The van der Waals surface area contributed by atoms with E-state index in [1.165, 1.54) is 11.8 Å². The van der Waals surface area contributed by atoms with Crippen molar-refractivity contribution in [2.45, 2.75) is 0 Å². The molecule has 0 aliphatic carbocycles. The highest BCUT2D eigenvalue weighted by Crippen LogP contribution is 2.08. The van der Waals surface area contributed by atoms with E-state index in [9.17, 15) is 8.76 Å². The monoisotopic (exact) mass is 273 g/mol. The Morgan fingerprint density at radius 1 is 1.44 bits per heavy atom. The van der Waals surface area contributed by atoms with E-state index >= 15 is 0 Å². The number of hydrogen-bond acceptors (Lipinski definition) is 4. The molecular formula is C9H9N2O2S3-. The SMILES string of the molecule is O=S([O-])NNC(=S)SC=Cc1ccccc1. The van der Waals surface area contributed by atoms with Crippen LogP contribution in [-0.4, -0.2) is 13.1 Å². The summed E-state index contributed by atoms with van der Waals surface area (Å²) in [7, 11) is 0. The zero-order valence-corrected chi connectivity index (χ0v) is 10.5. The van der Waals surface area contributed by atoms with Gasteiger partial charge in [0.05, 0.1) is 0 Å². The number of thioether (sulfide) groups is 1. The molecule has 0 bridgehead atoms. The smallest absolute Gasteiger partial charge is 0.153 e. The van der Waals surface area contributed by atoms with Crippen molar-refractivity contribution in [1.82, 2.24) is 10.3 Å². The van der Waals surface area contributed by atoms with Crippen molar-refractivity contribution in [3.8, 4) is 0 Å². The van der Waals surface area contributed by atoms with Gasteiger partial charge in [-0.15, -0.1) is 0 Å². The van der Waals surface area contributed by atoms with Gasteiger partial charge in [0, 0.05) is 11.3 Å². The highest BCUT2D eigenvalue weighted by molar-refractivity contribution is 8.24. The van der Waals surface area contributed by atoms with E-state index in [-0.39, 0.29) is 0 Å². The van der Waals surface area contributed by atoms with Crippen LogP contribution in [0.2, 0.25) is 0 Å². The molecule has 1 rings (SSSR count). The zero-order chi connectivity index (χ0) is 11.8. The molecule has 0 fully saturated rings. The van der Waals surface area contributed by atoms with E-state index in [0.717, 1.165) is 5.56 Å². The Morgan fingerprint density at radius 2 is 2.12 bits per heavy atom. The maximum Gasteiger partial charge on any atom is 0.153 e. The number of hydrogen-bond donors (Lipinski definition) is 2. The van der Waals surface area contributed by atoms with E-state index in [4.69, 9.17) is 12.2 Å². The minimum absolute atomic E-state index is 0.330. The maximum absolute atomic E-state index is 10.1. The molecule has 0 saturated carbocycles. The summed E-state index contributed by atoms with van der Waals surface area (Å²) in [5, 5.41) is 1.78. The van der Waals surface area contributed by atoms with Crippen LogP contribution in [0.3, 0.4) is 0 Å². The lowest BCUT2D eigenvalue weighted by atomic mass is 10.2. The molecule has 86 valence electrons. The lowest BCUT2D eigenvalue weighted by molar-refractivity contribution is 0.520. The van der Waals surface area contributed by atoms with Gasteiger partial charge < -0.3 is 4.55 Å². The van der Waals surface area contributed by atoms with Crippen LogP contribution in [0.1, 0.15) is 5.56 Å². The van der Waals surface area contributed by atoms with Crippen molar-refractivity contribution in [2.24, 2.45) is 0 Å². The van der Waals surface area contributed by atoms with Crippen LogP contribution in [0.25, 0.3) is 6.08 Å². The molecule has 4 nitrogen and oxygen atoms in total. The number of benzene rings is 1. The summed E-state index contributed by atoms with van der Waals surface area (Å²) in [6.45, 7) is 0. The predicted molar refractivity (Wildman–Crippen MR) is 70.9 cm³/mol. The van der Waals surface area contributed by atoms with E-state index in [1.807, 2.05) is 41.2 Å². The van der Waals surface area contributed by atoms with Crippen LogP contribution in [-0.2, 0) is 11.3 Å². The van der Waals surface area contributed by atoms with Gasteiger partial charge in [-0.05, 0) is 17.0 Å². The quantitative estimate of drug-likeness (QED) is 0.495. The van der Waals surface area contributed by atoms with Gasteiger partial charge in [-0.2, -0.15) is 4.83 Å². The first kappa shape index (κ1) is 13.3. The minimum Gasteiger partial charge on any atom is -0.759 e. The molecule has 0 amide bonds. The van der Waals surface area contributed by atoms with Crippen molar-refractivity contribution in [3.05, 3.63) is 41.3 Å². The number of thiocarbonyl (C=S) groups is 1. The predicted octanol–water partition coefficient (Wildman–Crippen LogP) is 1.56. The van der Waals surface area contributed by atoms with E-state index < -0.39 is 11.3 Å². The molecular weight excluding hydrogens is 264 g/mol. The lowest BCUT2D eigenvalue weighted by Gasteiger charge is -2.08. The van der Waals surface area contributed by atoms with Crippen LogP contribution in [0.4, 0.5) is 0 Å². The fraction of sp³-hybridized carbons (Fsp3) is 0. The molecule has 0 spiro atoms. The van der Waals surface area contributed by atoms with Crippen molar-refractivity contribution in [1.29, 1.82) is 0 Å². The second kappa shape index (κ2) is 7.53. The number of nitrogens with one attached hydrogen (secondary N) is 2. The number of rotatable bonds is 4. The Morgan fingerprint density at radius 3 is 2.75 bits per heavy atom. The molecule has 1 unspecified atom stereocenters. The Hall–Kier alpha value is -0.730. The standard InChI is InChI=1S/C9H10N2O2S3/c12-16(13)11-10-9(14)15-7-6-8-4-2-1-3-5-8/h1-7,11H,(H,10,14)(H,12,13)/p-1. The van der Waals surface area contributed by atoms with Crippen LogP contribution in [0.5, 0.6) is 0 Å². The summed E-state index contributed by atoms with van der Waals surface area (Å²) >= 11 is 3.71. The lowest BCUT2D eigenvalue weighted by Crippen LogP contribution is -2.35. The summed E-state index contributed by atoms with van der Waals surface area (Å²) in [4.78, 5) is 1.96. The zero-order valence-electron chi connectivity index (χ0n) is 8.08. The topological polar surface area (TPSA) is 64.2 Å². The molecule has 1 atom stereocenters. The highest BCUT2D eigenvalue weighted by atomic mass is 32.2. The molecule has 0 aromatic heterocycles. The van der Waals surface area contributed by atoms with Gasteiger partial charge in [-0.1, -0.05) is 54.3 Å². The van der Waals surface area contributed by atoms with Crippen molar-refractivity contribution in [3.63, 3.8) is 0 Å². The molecule has 0 saturated heterocycles. The molecule has 1 aromatic rings. The molecule has 0 aliphatic heterocycles. The van der Waals surface area contributed by atoms with Crippen LogP contribution in [0.15, 0.2) is 35.7 Å². The van der Waals surface area contributed by atoms with Gasteiger partial charge in [0.1, 0.15) is 0 Å². The van der Waals surface area contributed by atoms with E-state index in [0.29, 0.717) is 4.32 Å². The highest BCUT2D eigenvalue weighted by Gasteiger charge is 1.91. The van der Waals surface area contributed by atoms with Gasteiger partial charge in [0.25, 0.3) is 0 Å². The third kappa shape index (κ3) is 5.99. The van der Waals surface area contributed by atoms with Gasteiger partial charge >= 0.3 is 0 Å². The average Bonchev–Trinajstić information content (AvgIpc) is 2.28. The molecule has 7 heteroatoms. The molecule has 16 heavy (non-hydrogen) atoms. The van der Waals surface area contributed by atoms with E-state index in [2.05, 4.69) is 5.43 Å². The second-order valence-electron chi connectivity index (χ2n) is 2.58. The Labute approximate surface area is 106 Å². The third-order valence-electron chi connectivity index (χ3n) is 1.47. The second-order valence-corrected chi connectivity index (χ2v) is 4.84. The summed E-state index contributed by atoms with van der Waals surface area (Å²) in [6.07, 6.45) is 1.88. The normalized spacial score (nSPS) is 12.6. The van der Waals surface area contributed by atoms with E-state index in [1.54, 1.807) is 5.41 Å². The number of hydrazine groups is 1. The average molecular weight is 273 g/mol. The first-order valence-electron chi connectivity index (χ1n) is 4.21. The fourth-order valence-corrected chi connectivity index (χ4v) is 1.84. The fourth-order valence-electron chi connectivity index (χ4n) is 0.851. The van der Waals surface area contributed by atoms with Crippen molar-refractivity contribution in [2.75, 3.05) is 0 Å². The van der Waals surface area contributed by atoms with Crippen LogP contribution >= 0.6 is 24.0 Å². The first-order chi connectivity index (χ1) is 7.68. The van der Waals surface area contributed by atoms with Gasteiger partial charge in [-0.25, -0.2) is 0 Å². The van der Waals surface area contributed by atoms with Gasteiger partial charge in [0.2, 0.25) is 0 Å². The summed E-state index contributed by atoms with van der Waals surface area (Å²) in [6, 6.07) is 9.72. The Bertz CT molecular complexity index is 395. The van der Waals surface area contributed by atoms with Crippen LogP contribution in [0, 0.1) is 0 Å². The Balaban J connectivity index is 2.32. The summed E-state index contributed by atoms with van der Waals surface area (Å²) in [5.74, 6) is 0. The van der Waals surface area contributed by atoms with Gasteiger partial charge in [-0.3, -0.25) is 9.63 Å². The maximum atomic E-state index is 10.1. The molecule has 2 N–H and O–H groups in total. The minimum atomic E-state index is -2.36. The van der Waals surface area contributed by atoms with Crippen LogP contribution < -0.4 is 10.3 Å². The Kier molecular flexibility index (Phi) is 6.27. The molecule has 0 aliphatic rings. The summed E-state index contributed by atoms with van der Waals surface area (Å²) in [5.41, 5.74) is 3.40. The third-order valence-corrected chi connectivity index (χ3v) is 2.72. The van der Waals surface area contributed by atoms with Crippen molar-refractivity contribution >= 4 is 45.6 Å². The first-order valence-corrected chi connectivity index (χ1v) is 6.58. The van der Waals surface area contributed by atoms with Gasteiger partial charge in [0.15, 0.2) is 4.32 Å². The molecule has 0 radical (unpaired) electrons. The summed E-state index contributed by atoms with van der Waals surface area (Å²) < 4.78 is 20.6. The molecule has 0 heterocycles. The largest absolute Gasteiger partial charge is 0.759 e. The molecule has 1 aromatic carbocycles.